The SMILES string of the molecule is Cc1cc(NC(=O)Nc2cccc(C(F)(F)F)c2F)ccc1Oc1ncccc1-c1ccncn1. The molecule has 35 heavy (non-hydrogen) atoms. The van der Waals surface area contributed by atoms with Crippen molar-refractivity contribution in [2.24, 2.45) is 0 Å². The average Bonchev–Trinajstić information content (AvgIpc) is 2.82. The van der Waals surface area contributed by atoms with Crippen LogP contribution >= 0.6 is 0 Å². The van der Waals surface area contributed by atoms with Gasteiger partial charge in [-0.25, -0.2) is 24.1 Å². The minimum Gasteiger partial charge on any atom is -0.438 e. The second-order valence-electron chi connectivity index (χ2n) is 7.28. The number of aromatic nitrogens is 3. The van der Waals surface area contributed by atoms with Gasteiger partial charge < -0.3 is 15.4 Å². The monoisotopic (exact) mass is 483 g/mol. The topological polar surface area (TPSA) is 89.0 Å². The molecule has 0 aliphatic rings. The van der Waals surface area contributed by atoms with Gasteiger partial charge in [-0.05, 0) is 61.0 Å². The summed E-state index contributed by atoms with van der Waals surface area (Å²) in [6.07, 6.45) is -0.302. The predicted molar refractivity (Wildman–Crippen MR) is 121 cm³/mol. The number of benzene rings is 2. The third-order valence-corrected chi connectivity index (χ3v) is 4.82. The molecule has 0 aliphatic heterocycles. The maximum absolute atomic E-state index is 14.2. The van der Waals surface area contributed by atoms with Gasteiger partial charge in [-0.1, -0.05) is 6.07 Å². The molecule has 0 aliphatic carbocycles. The Morgan fingerprint density at radius 3 is 2.51 bits per heavy atom. The van der Waals surface area contributed by atoms with Crippen molar-refractivity contribution in [1.29, 1.82) is 0 Å². The molecular weight excluding hydrogens is 466 g/mol. The van der Waals surface area contributed by atoms with Gasteiger partial charge in [-0.3, -0.25) is 0 Å². The van der Waals surface area contributed by atoms with Gasteiger partial charge in [-0.15, -0.1) is 0 Å². The van der Waals surface area contributed by atoms with Crippen molar-refractivity contribution >= 4 is 17.4 Å². The van der Waals surface area contributed by atoms with Crippen molar-refractivity contribution in [3.8, 4) is 22.9 Å². The Kier molecular flexibility index (Phi) is 6.58. The zero-order valence-electron chi connectivity index (χ0n) is 18.1. The first-order valence-corrected chi connectivity index (χ1v) is 10.2. The van der Waals surface area contributed by atoms with E-state index in [0.717, 1.165) is 12.1 Å². The van der Waals surface area contributed by atoms with Crippen LogP contribution in [-0.4, -0.2) is 21.0 Å². The van der Waals surface area contributed by atoms with E-state index in [0.29, 0.717) is 40.2 Å². The van der Waals surface area contributed by atoms with E-state index in [-0.39, 0.29) is 0 Å². The lowest BCUT2D eigenvalue weighted by atomic mass is 10.1. The molecule has 7 nitrogen and oxygen atoms in total. The van der Waals surface area contributed by atoms with Crippen molar-refractivity contribution in [1.82, 2.24) is 15.0 Å². The van der Waals surface area contributed by atoms with Gasteiger partial charge in [0.1, 0.15) is 12.1 Å². The van der Waals surface area contributed by atoms with Gasteiger partial charge in [0, 0.05) is 18.1 Å². The molecule has 2 amide bonds. The highest BCUT2D eigenvalue weighted by Gasteiger charge is 2.35. The first-order valence-electron chi connectivity index (χ1n) is 10.2. The Bertz CT molecular complexity index is 1360. The van der Waals surface area contributed by atoms with E-state index in [1.54, 1.807) is 49.6 Å². The fraction of sp³-hybridized carbons (Fsp3) is 0.0833. The van der Waals surface area contributed by atoms with Crippen LogP contribution < -0.4 is 15.4 Å². The lowest BCUT2D eigenvalue weighted by Gasteiger charge is -2.14. The first kappa shape index (κ1) is 23.6. The zero-order chi connectivity index (χ0) is 25.0. The minimum absolute atomic E-state index is 0.313. The number of amides is 2. The number of alkyl halides is 3. The first-order chi connectivity index (χ1) is 16.7. The highest BCUT2D eigenvalue weighted by atomic mass is 19.4. The van der Waals surface area contributed by atoms with Crippen LogP contribution in [0.2, 0.25) is 0 Å². The highest BCUT2D eigenvalue weighted by Crippen LogP contribution is 2.34. The summed E-state index contributed by atoms with van der Waals surface area (Å²) in [6.45, 7) is 1.73. The maximum Gasteiger partial charge on any atom is 0.419 e. The smallest absolute Gasteiger partial charge is 0.419 e. The average molecular weight is 483 g/mol. The number of nitrogens with one attached hydrogen (secondary N) is 2. The molecular formula is C24H17F4N5O2. The van der Waals surface area contributed by atoms with E-state index in [2.05, 4.69) is 25.6 Å². The molecule has 2 aromatic heterocycles. The number of pyridine rings is 1. The number of carbonyl (C=O) groups is 1. The van der Waals surface area contributed by atoms with Crippen molar-refractivity contribution in [3.63, 3.8) is 0 Å². The molecule has 0 saturated carbocycles. The third-order valence-electron chi connectivity index (χ3n) is 4.82. The normalized spacial score (nSPS) is 11.1. The summed E-state index contributed by atoms with van der Waals surface area (Å²) in [4.78, 5) is 24.6. The Morgan fingerprint density at radius 1 is 0.971 bits per heavy atom. The van der Waals surface area contributed by atoms with E-state index in [1.807, 2.05) is 0 Å². The summed E-state index contributed by atoms with van der Waals surface area (Å²) in [5.74, 6) is -0.799. The molecule has 4 rings (SSSR count). The van der Waals surface area contributed by atoms with E-state index < -0.39 is 29.3 Å². The van der Waals surface area contributed by atoms with Gasteiger partial charge in [0.15, 0.2) is 5.82 Å². The molecule has 178 valence electrons. The molecule has 2 aromatic carbocycles. The van der Waals surface area contributed by atoms with Gasteiger partial charge in [-0.2, -0.15) is 13.2 Å². The molecule has 0 bridgehead atoms. The van der Waals surface area contributed by atoms with Gasteiger partial charge in [0.25, 0.3) is 0 Å². The molecule has 0 unspecified atom stereocenters. The Morgan fingerprint density at radius 2 is 1.80 bits per heavy atom. The summed E-state index contributed by atoms with van der Waals surface area (Å²) < 4.78 is 58.8. The number of ether oxygens (including phenoxy) is 1. The number of urea groups is 1. The van der Waals surface area contributed by atoms with E-state index in [9.17, 15) is 22.4 Å². The van der Waals surface area contributed by atoms with Gasteiger partial charge in [0.2, 0.25) is 5.88 Å². The summed E-state index contributed by atoms with van der Waals surface area (Å²) >= 11 is 0. The lowest BCUT2D eigenvalue weighted by Crippen LogP contribution is -2.21. The number of nitrogens with zero attached hydrogens (tertiary/aromatic N) is 3. The van der Waals surface area contributed by atoms with Crippen LogP contribution in [-0.2, 0) is 6.18 Å². The molecule has 4 aromatic rings. The zero-order valence-corrected chi connectivity index (χ0v) is 18.1. The molecule has 0 fully saturated rings. The van der Waals surface area contributed by atoms with Crippen LogP contribution in [0, 0.1) is 12.7 Å². The van der Waals surface area contributed by atoms with Crippen LogP contribution in [0.15, 0.2) is 73.3 Å². The Hall–Kier alpha value is -4.54. The number of aryl methyl sites for hydroxylation is 1. The molecule has 2 heterocycles. The third kappa shape index (κ3) is 5.52. The van der Waals surface area contributed by atoms with E-state index in [4.69, 9.17) is 4.74 Å². The Balaban J connectivity index is 1.48. The number of hydrogen-bond acceptors (Lipinski definition) is 5. The van der Waals surface area contributed by atoms with E-state index >= 15 is 0 Å². The summed E-state index contributed by atoms with van der Waals surface area (Å²) in [5, 5.41) is 4.55. The summed E-state index contributed by atoms with van der Waals surface area (Å²) in [5.41, 5.74) is 0.158. The van der Waals surface area contributed by atoms with Crippen LogP contribution in [0.3, 0.4) is 0 Å². The molecule has 2 N–H and O–H groups in total. The minimum atomic E-state index is -4.88. The van der Waals surface area contributed by atoms with Gasteiger partial charge in [0.05, 0.1) is 22.5 Å². The summed E-state index contributed by atoms with van der Waals surface area (Å²) in [6, 6.07) is 11.7. The number of hydrogen-bond donors (Lipinski definition) is 2. The fourth-order valence-electron chi connectivity index (χ4n) is 3.20. The molecule has 11 heteroatoms. The van der Waals surface area contributed by atoms with Crippen LogP contribution in [0.25, 0.3) is 11.3 Å². The second-order valence-corrected chi connectivity index (χ2v) is 7.28. The molecule has 0 spiro atoms. The maximum atomic E-state index is 14.2. The molecule has 0 saturated heterocycles. The standard InChI is InChI=1S/C24H17F4N5O2/c1-14-12-15(32-23(34)33-19-6-2-5-17(21(19)25)24(26,27)28)7-8-20(14)35-22-16(4-3-10-30-22)18-9-11-29-13-31-18/h2-13H,1H3,(H2,32,33,34). The van der Waals surface area contributed by atoms with E-state index in [1.165, 1.54) is 12.4 Å². The predicted octanol–water partition coefficient (Wildman–Crippen LogP) is 6.44. The summed E-state index contributed by atoms with van der Waals surface area (Å²) in [7, 11) is 0. The number of anilines is 2. The highest BCUT2D eigenvalue weighted by molar-refractivity contribution is 6.00. The second kappa shape index (κ2) is 9.75. The van der Waals surface area contributed by atoms with Crippen molar-refractivity contribution in [2.45, 2.75) is 13.1 Å². The van der Waals surface area contributed by atoms with Crippen LogP contribution in [0.5, 0.6) is 11.6 Å². The van der Waals surface area contributed by atoms with Crippen LogP contribution in [0.4, 0.5) is 33.7 Å². The van der Waals surface area contributed by atoms with Crippen molar-refractivity contribution in [2.75, 3.05) is 10.6 Å². The number of rotatable bonds is 5. The fourth-order valence-corrected chi connectivity index (χ4v) is 3.20. The largest absolute Gasteiger partial charge is 0.438 e. The lowest BCUT2D eigenvalue weighted by molar-refractivity contribution is -0.139. The van der Waals surface area contributed by atoms with Gasteiger partial charge >= 0.3 is 12.2 Å². The number of halogens is 4. The van der Waals surface area contributed by atoms with Crippen molar-refractivity contribution < 1.29 is 27.1 Å². The number of carbonyl (C=O) groups excluding carboxylic acids is 1. The molecule has 0 atom stereocenters. The van der Waals surface area contributed by atoms with Crippen molar-refractivity contribution in [3.05, 3.63) is 90.3 Å². The van der Waals surface area contributed by atoms with Crippen LogP contribution in [0.1, 0.15) is 11.1 Å². The molecule has 0 radical (unpaired) electrons. The quantitative estimate of drug-likeness (QED) is 0.319. The Labute approximate surface area is 196 Å².